The Balaban J connectivity index is 3.80. The number of hydrogen-bond donors (Lipinski definition) is 3. The lowest BCUT2D eigenvalue weighted by molar-refractivity contribution is -0.141. The number of carbonyl (C=O) groups excluding carboxylic acids is 1. The smallest absolute Gasteiger partial charge is 0.325 e. The maximum absolute atomic E-state index is 11.2. The molecular formula is C9H18N2O3. The number of rotatable bonds is 6. The second-order valence-corrected chi connectivity index (χ2v) is 3.38. The Morgan fingerprint density at radius 1 is 1.50 bits per heavy atom. The molecule has 1 unspecified atom stereocenters. The first-order valence-corrected chi connectivity index (χ1v) is 4.75. The van der Waals surface area contributed by atoms with E-state index in [1.165, 1.54) is 6.92 Å². The lowest BCUT2D eigenvalue weighted by atomic mass is 10.1. The minimum Gasteiger partial charge on any atom is -0.480 e. The lowest BCUT2D eigenvalue weighted by Gasteiger charge is -2.12. The van der Waals surface area contributed by atoms with Crippen molar-refractivity contribution in [2.24, 2.45) is 5.73 Å². The summed E-state index contributed by atoms with van der Waals surface area (Å²) in [6.45, 7) is 3.41. The summed E-state index contributed by atoms with van der Waals surface area (Å²) in [6.07, 6.45) is 1.88. The van der Waals surface area contributed by atoms with Crippen LogP contribution >= 0.6 is 0 Å². The Bertz CT molecular complexity index is 206. The Labute approximate surface area is 83.7 Å². The van der Waals surface area contributed by atoms with Gasteiger partial charge in [0.2, 0.25) is 5.91 Å². The summed E-state index contributed by atoms with van der Waals surface area (Å²) in [5.41, 5.74) is 5.63. The summed E-state index contributed by atoms with van der Waals surface area (Å²) in [6, 6.07) is -1.03. The van der Waals surface area contributed by atoms with Gasteiger partial charge in [0, 0.05) is 12.5 Å². The third-order valence-corrected chi connectivity index (χ3v) is 1.85. The zero-order chi connectivity index (χ0) is 11.1. The molecule has 0 aromatic heterocycles. The molecular weight excluding hydrogens is 184 g/mol. The highest BCUT2D eigenvalue weighted by atomic mass is 16.4. The van der Waals surface area contributed by atoms with E-state index in [9.17, 15) is 9.59 Å². The van der Waals surface area contributed by atoms with Gasteiger partial charge in [0.25, 0.3) is 0 Å². The monoisotopic (exact) mass is 202 g/mol. The van der Waals surface area contributed by atoms with Crippen LogP contribution in [0.1, 0.15) is 33.1 Å². The molecule has 1 amide bonds. The molecule has 0 aliphatic heterocycles. The molecule has 82 valence electrons. The Morgan fingerprint density at radius 2 is 2.07 bits per heavy atom. The van der Waals surface area contributed by atoms with Gasteiger partial charge < -0.3 is 16.2 Å². The summed E-state index contributed by atoms with van der Waals surface area (Å²) in [7, 11) is 0. The number of carboxylic acids is 1. The molecule has 0 aromatic carbocycles. The summed E-state index contributed by atoms with van der Waals surface area (Å²) >= 11 is 0. The van der Waals surface area contributed by atoms with E-state index in [0.29, 0.717) is 0 Å². The molecule has 0 radical (unpaired) electrons. The minimum atomic E-state index is -1.04. The molecule has 0 rings (SSSR count). The SMILES string of the molecule is CCCC(N)CC(=O)N[C@@H](C)C(=O)O. The molecule has 0 heterocycles. The predicted molar refractivity (Wildman–Crippen MR) is 52.7 cm³/mol. The van der Waals surface area contributed by atoms with Crippen molar-refractivity contribution < 1.29 is 14.7 Å². The number of nitrogens with one attached hydrogen (secondary N) is 1. The van der Waals surface area contributed by atoms with Gasteiger partial charge >= 0.3 is 5.97 Å². The van der Waals surface area contributed by atoms with E-state index in [4.69, 9.17) is 10.8 Å². The van der Waals surface area contributed by atoms with Crippen molar-refractivity contribution in [3.05, 3.63) is 0 Å². The van der Waals surface area contributed by atoms with Crippen LogP contribution in [0.4, 0.5) is 0 Å². The standard InChI is InChI=1S/C9H18N2O3/c1-3-4-7(10)5-8(12)11-6(2)9(13)14/h6-7H,3-5,10H2,1-2H3,(H,11,12)(H,13,14)/t6-,7?/m0/s1. The topological polar surface area (TPSA) is 92.4 Å². The first-order valence-electron chi connectivity index (χ1n) is 4.75. The minimum absolute atomic E-state index is 0.180. The first kappa shape index (κ1) is 12.9. The second kappa shape index (κ2) is 6.37. The molecule has 0 spiro atoms. The van der Waals surface area contributed by atoms with Crippen LogP contribution in [0.15, 0.2) is 0 Å². The normalized spacial score (nSPS) is 14.5. The van der Waals surface area contributed by atoms with Crippen LogP contribution in [0, 0.1) is 0 Å². The molecule has 2 atom stereocenters. The van der Waals surface area contributed by atoms with Gasteiger partial charge in [-0.2, -0.15) is 0 Å². The van der Waals surface area contributed by atoms with Gasteiger partial charge in [-0.05, 0) is 13.3 Å². The van der Waals surface area contributed by atoms with Crippen molar-refractivity contribution in [2.75, 3.05) is 0 Å². The van der Waals surface area contributed by atoms with Gasteiger partial charge in [0.1, 0.15) is 6.04 Å². The van der Waals surface area contributed by atoms with Gasteiger partial charge in [-0.15, -0.1) is 0 Å². The van der Waals surface area contributed by atoms with Crippen LogP contribution in [-0.2, 0) is 9.59 Å². The zero-order valence-electron chi connectivity index (χ0n) is 8.62. The zero-order valence-corrected chi connectivity index (χ0v) is 8.62. The molecule has 0 fully saturated rings. The molecule has 0 saturated carbocycles. The van der Waals surface area contributed by atoms with Crippen molar-refractivity contribution in [3.63, 3.8) is 0 Å². The van der Waals surface area contributed by atoms with E-state index in [2.05, 4.69) is 5.32 Å². The fraction of sp³-hybridized carbons (Fsp3) is 0.778. The largest absolute Gasteiger partial charge is 0.480 e. The van der Waals surface area contributed by atoms with Gasteiger partial charge in [-0.1, -0.05) is 13.3 Å². The third-order valence-electron chi connectivity index (χ3n) is 1.85. The Morgan fingerprint density at radius 3 is 2.50 bits per heavy atom. The quantitative estimate of drug-likeness (QED) is 0.569. The third kappa shape index (κ3) is 5.53. The Hall–Kier alpha value is -1.10. The summed E-state index contributed by atoms with van der Waals surface area (Å²) in [5.74, 6) is -1.34. The van der Waals surface area contributed by atoms with E-state index in [-0.39, 0.29) is 18.4 Å². The molecule has 0 aromatic rings. The van der Waals surface area contributed by atoms with E-state index in [1.54, 1.807) is 0 Å². The lowest BCUT2D eigenvalue weighted by Crippen LogP contribution is -2.40. The molecule has 0 saturated heterocycles. The highest BCUT2D eigenvalue weighted by Crippen LogP contribution is 1.98. The van der Waals surface area contributed by atoms with Crippen molar-refractivity contribution in [1.29, 1.82) is 0 Å². The molecule has 0 aliphatic rings. The molecule has 14 heavy (non-hydrogen) atoms. The van der Waals surface area contributed by atoms with E-state index in [1.807, 2.05) is 6.92 Å². The van der Waals surface area contributed by atoms with E-state index >= 15 is 0 Å². The summed E-state index contributed by atoms with van der Waals surface area (Å²) in [4.78, 5) is 21.6. The highest BCUT2D eigenvalue weighted by Gasteiger charge is 2.15. The maximum atomic E-state index is 11.2. The van der Waals surface area contributed by atoms with Crippen LogP contribution in [0.2, 0.25) is 0 Å². The fourth-order valence-electron chi connectivity index (χ4n) is 1.07. The number of hydrogen-bond acceptors (Lipinski definition) is 3. The fourth-order valence-corrected chi connectivity index (χ4v) is 1.07. The molecule has 5 nitrogen and oxygen atoms in total. The number of amides is 1. The summed E-state index contributed by atoms with van der Waals surface area (Å²) < 4.78 is 0. The maximum Gasteiger partial charge on any atom is 0.325 e. The highest BCUT2D eigenvalue weighted by molar-refractivity contribution is 5.83. The van der Waals surface area contributed by atoms with Crippen molar-refractivity contribution in [3.8, 4) is 0 Å². The number of carbonyl (C=O) groups is 2. The van der Waals surface area contributed by atoms with Gasteiger partial charge in [0.15, 0.2) is 0 Å². The van der Waals surface area contributed by atoms with E-state index < -0.39 is 12.0 Å². The van der Waals surface area contributed by atoms with E-state index in [0.717, 1.165) is 12.8 Å². The van der Waals surface area contributed by atoms with Gasteiger partial charge in [0.05, 0.1) is 0 Å². The molecule has 0 bridgehead atoms. The van der Waals surface area contributed by atoms with Crippen molar-refractivity contribution in [2.45, 2.75) is 45.2 Å². The van der Waals surface area contributed by atoms with Crippen LogP contribution in [0.5, 0.6) is 0 Å². The average molecular weight is 202 g/mol. The van der Waals surface area contributed by atoms with Crippen molar-refractivity contribution in [1.82, 2.24) is 5.32 Å². The van der Waals surface area contributed by atoms with Crippen LogP contribution in [-0.4, -0.2) is 29.1 Å². The first-order chi connectivity index (χ1) is 6.47. The number of carboxylic acid groups (broad SMARTS) is 1. The van der Waals surface area contributed by atoms with Gasteiger partial charge in [-0.25, -0.2) is 0 Å². The predicted octanol–water partition coefficient (Wildman–Crippen LogP) is 0.0932. The molecule has 5 heteroatoms. The summed E-state index contributed by atoms with van der Waals surface area (Å²) in [5, 5.41) is 10.9. The molecule has 0 aliphatic carbocycles. The van der Waals surface area contributed by atoms with Crippen LogP contribution in [0.3, 0.4) is 0 Å². The van der Waals surface area contributed by atoms with Crippen LogP contribution < -0.4 is 11.1 Å². The molecule has 4 N–H and O–H groups in total. The van der Waals surface area contributed by atoms with Gasteiger partial charge in [-0.3, -0.25) is 9.59 Å². The average Bonchev–Trinajstić information content (AvgIpc) is 2.03. The second-order valence-electron chi connectivity index (χ2n) is 3.38. The Kier molecular flexibility index (Phi) is 5.87. The van der Waals surface area contributed by atoms with Crippen LogP contribution in [0.25, 0.3) is 0 Å². The number of aliphatic carboxylic acids is 1. The number of nitrogens with two attached hydrogens (primary N) is 1. The van der Waals surface area contributed by atoms with Crippen molar-refractivity contribution >= 4 is 11.9 Å².